The molecule has 0 radical (unpaired) electrons. The maximum absolute atomic E-state index is 12.4. The molecular weight excluding hydrogens is 392 g/mol. The van der Waals surface area contributed by atoms with Gasteiger partial charge in [0.15, 0.2) is 0 Å². The molecule has 0 atom stereocenters. The molecule has 150 valence electrons. The van der Waals surface area contributed by atoms with Crippen LogP contribution in [0.1, 0.15) is 18.2 Å². The Morgan fingerprint density at radius 1 is 1.17 bits per heavy atom. The van der Waals surface area contributed by atoms with E-state index in [1.807, 2.05) is 22.9 Å². The van der Waals surface area contributed by atoms with Crippen molar-refractivity contribution in [2.45, 2.75) is 25.0 Å². The number of carbonyl (C=O) groups is 1. The molecule has 4 rings (SSSR count). The number of nitrogens with zero attached hydrogens (tertiary/aromatic N) is 2. The fourth-order valence-corrected chi connectivity index (χ4v) is 4.22. The van der Waals surface area contributed by atoms with Gasteiger partial charge < -0.3 is 10.1 Å². The Morgan fingerprint density at radius 3 is 2.72 bits per heavy atom. The van der Waals surface area contributed by atoms with E-state index in [1.54, 1.807) is 30.3 Å². The van der Waals surface area contributed by atoms with Crippen molar-refractivity contribution in [2.75, 3.05) is 12.4 Å². The van der Waals surface area contributed by atoms with Crippen molar-refractivity contribution in [3.05, 3.63) is 59.8 Å². The van der Waals surface area contributed by atoms with Crippen LogP contribution in [0.25, 0.3) is 11.3 Å². The quantitative estimate of drug-likeness (QED) is 0.685. The number of carbonyl (C=O) groups excluding carboxylic acids is 1. The van der Waals surface area contributed by atoms with Crippen molar-refractivity contribution >= 4 is 21.6 Å². The molecule has 3 aromatic rings. The van der Waals surface area contributed by atoms with Gasteiger partial charge in [0.2, 0.25) is 15.9 Å². The summed E-state index contributed by atoms with van der Waals surface area (Å²) < 4.78 is 34.8. The molecule has 1 aliphatic rings. The van der Waals surface area contributed by atoms with Gasteiger partial charge in [-0.05, 0) is 25.2 Å². The molecule has 8 nitrogen and oxygen atoms in total. The van der Waals surface area contributed by atoms with Crippen LogP contribution in [0.3, 0.4) is 0 Å². The van der Waals surface area contributed by atoms with Gasteiger partial charge in [0.25, 0.3) is 0 Å². The van der Waals surface area contributed by atoms with Crippen LogP contribution in [0, 0.1) is 0 Å². The van der Waals surface area contributed by atoms with Gasteiger partial charge in [-0.25, -0.2) is 13.1 Å². The molecule has 29 heavy (non-hydrogen) atoms. The first-order valence-corrected chi connectivity index (χ1v) is 10.5. The molecule has 0 fully saturated rings. The van der Waals surface area contributed by atoms with Crippen molar-refractivity contribution in [2.24, 2.45) is 0 Å². The Bertz CT molecular complexity index is 1200. The Labute approximate surface area is 168 Å². The summed E-state index contributed by atoms with van der Waals surface area (Å²) in [5.41, 5.74) is 3.51. The Hall–Kier alpha value is -3.17. The van der Waals surface area contributed by atoms with Gasteiger partial charge in [-0.15, -0.1) is 0 Å². The van der Waals surface area contributed by atoms with Gasteiger partial charge >= 0.3 is 0 Å². The second-order valence-electron chi connectivity index (χ2n) is 6.67. The molecule has 0 spiro atoms. The third-order valence-corrected chi connectivity index (χ3v) is 6.14. The fourth-order valence-electron chi connectivity index (χ4n) is 3.28. The molecule has 1 aromatic heterocycles. The zero-order valence-corrected chi connectivity index (χ0v) is 16.8. The second-order valence-corrected chi connectivity index (χ2v) is 8.53. The largest absolute Gasteiger partial charge is 0.487 e. The minimum Gasteiger partial charge on any atom is -0.487 e. The lowest BCUT2D eigenvalue weighted by atomic mass is 10.1. The number of fused-ring (bicyclic) bond motifs is 2. The van der Waals surface area contributed by atoms with Crippen molar-refractivity contribution in [1.29, 1.82) is 0 Å². The molecule has 2 N–H and O–H groups in total. The number of hydrogen-bond acceptors (Lipinski definition) is 5. The van der Waals surface area contributed by atoms with E-state index in [9.17, 15) is 13.2 Å². The number of hydrogen-bond donors (Lipinski definition) is 2. The third-order valence-electron chi connectivity index (χ3n) is 4.67. The third kappa shape index (κ3) is 3.74. The van der Waals surface area contributed by atoms with E-state index in [4.69, 9.17) is 4.74 Å². The highest BCUT2D eigenvalue weighted by atomic mass is 32.2. The van der Waals surface area contributed by atoms with Gasteiger partial charge in [0, 0.05) is 29.8 Å². The van der Waals surface area contributed by atoms with Crippen LogP contribution >= 0.6 is 0 Å². The summed E-state index contributed by atoms with van der Waals surface area (Å²) in [5, 5.41) is 7.38. The van der Waals surface area contributed by atoms with Crippen LogP contribution in [0.5, 0.6) is 5.75 Å². The summed E-state index contributed by atoms with van der Waals surface area (Å²) in [6.07, 6.45) is 0. The number of benzene rings is 2. The normalized spacial score (nSPS) is 13.0. The average Bonchev–Trinajstić information content (AvgIpc) is 3.02. The number of amides is 1. The van der Waals surface area contributed by atoms with Crippen LogP contribution < -0.4 is 14.8 Å². The zero-order chi connectivity index (χ0) is 20.6. The minimum absolute atomic E-state index is 0.147. The summed E-state index contributed by atoms with van der Waals surface area (Å²) in [4.78, 5) is 11.4. The molecular formula is C20H20N4O4S. The number of nitrogens with one attached hydrogen (secondary N) is 2. The molecule has 2 heterocycles. The zero-order valence-electron chi connectivity index (χ0n) is 16.0. The molecule has 0 bridgehead atoms. The SMILES string of the molecule is CNS(=O)(=O)c1ccccc1-c1cc2n(n1)Cc1ccc(NC(C)=O)cc1OC2. The highest BCUT2D eigenvalue weighted by molar-refractivity contribution is 7.89. The lowest BCUT2D eigenvalue weighted by Gasteiger charge is -2.10. The van der Waals surface area contributed by atoms with Gasteiger partial charge in [0.1, 0.15) is 12.4 Å². The first-order chi connectivity index (χ1) is 13.9. The van der Waals surface area contributed by atoms with Gasteiger partial charge in [0.05, 0.1) is 22.8 Å². The summed E-state index contributed by atoms with van der Waals surface area (Å²) in [6, 6.07) is 14.1. The predicted octanol–water partition coefficient (Wildman–Crippen LogP) is 2.36. The van der Waals surface area contributed by atoms with E-state index in [0.717, 1.165) is 11.3 Å². The molecule has 0 unspecified atom stereocenters. The lowest BCUT2D eigenvalue weighted by Crippen LogP contribution is -2.19. The lowest BCUT2D eigenvalue weighted by molar-refractivity contribution is -0.114. The minimum atomic E-state index is -3.61. The number of rotatable bonds is 4. The van der Waals surface area contributed by atoms with Crippen LogP contribution in [-0.2, 0) is 28.0 Å². The summed E-state index contributed by atoms with van der Waals surface area (Å²) >= 11 is 0. The predicted molar refractivity (Wildman–Crippen MR) is 108 cm³/mol. The molecule has 9 heteroatoms. The van der Waals surface area contributed by atoms with E-state index in [-0.39, 0.29) is 17.4 Å². The summed E-state index contributed by atoms with van der Waals surface area (Å²) in [5.74, 6) is 0.535. The second kappa shape index (κ2) is 7.34. The van der Waals surface area contributed by atoms with Crippen molar-refractivity contribution < 1.29 is 17.9 Å². The molecule has 0 saturated heterocycles. The number of ether oxygens (including phenoxy) is 1. The highest BCUT2D eigenvalue weighted by Crippen LogP contribution is 2.31. The molecule has 1 amide bonds. The van der Waals surface area contributed by atoms with Gasteiger partial charge in [-0.1, -0.05) is 24.3 Å². The van der Waals surface area contributed by atoms with E-state index >= 15 is 0 Å². The first kappa shape index (κ1) is 19.2. The van der Waals surface area contributed by atoms with Gasteiger partial charge in [-0.2, -0.15) is 5.10 Å². The van der Waals surface area contributed by atoms with Crippen molar-refractivity contribution in [3.8, 4) is 17.0 Å². The van der Waals surface area contributed by atoms with Crippen LogP contribution in [0.15, 0.2) is 53.4 Å². The van der Waals surface area contributed by atoms with E-state index in [2.05, 4.69) is 15.1 Å². The highest BCUT2D eigenvalue weighted by Gasteiger charge is 2.22. The maximum atomic E-state index is 12.4. The average molecular weight is 412 g/mol. The van der Waals surface area contributed by atoms with Crippen LogP contribution in [0.2, 0.25) is 0 Å². The molecule has 1 aliphatic heterocycles. The van der Waals surface area contributed by atoms with E-state index in [0.29, 0.717) is 29.2 Å². The van der Waals surface area contributed by atoms with Gasteiger partial charge in [-0.3, -0.25) is 9.48 Å². The first-order valence-electron chi connectivity index (χ1n) is 9.00. The maximum Gasteiger partial charge on any atom is 0.240 e. The van der Waals surface area contributed by atoms with Crippen molar-refractivity contribution in [3.63, 3.8) is 0 Å². The summed E-state index contributed by atoms with van der Waals surface area (Å²) in [7, 11) is -2.23. The Morgan fingerprint density at radius 2 is 1.97 bits per heavy atom. The molecule has 2 aromatic carbocycles. The van der Waals surface area contributed by atoms with Crippen molar-refractivity contribution in [1.82, 2.24) is 14.5 Å². The van der Waals surface area contributed by atoms with E-state index < -0.39 is 10.0 Å². The monoisotopic (exact) mass is 412 g/mol. The smallest absolute Gasteiger partial charge is 0.240 e. The number of anilines is 1. The molecule has 0 aliphatic carbocycles. The Balaban J connectivity index is 1.70. The fraction of sp³-hybridized carbons (Fsp3) is 0.200. The summed E-state index contributed by atoms with van der Waals surface area (Å²) in [6.45, 7) is 2.21. The van der Waals surface area contributed by atoms with Crippen LogP contribution in [0.4, 0.5) is 5.69 Å². The number of aromatic nitrogens is 2. The number of sulfonamides is 1. The topological polar surface area (TPSA) is 102 Å². The molecule has 0 saturated carbocycles. The Kier molecular flexibility index (Phi) is 4.85. The standard InChI is InChI=1S/C20H20N4O4S/c1-13(25)22-15-8-7-14-11-24-16(12-28-19(14)9-15)10-18(23-24)17-5-3-4-6-20(17)29(26,27)21-2/h3-10,21H,11-12H2,1-2H3,(H,22,25). The van der Waals surface area contributed by atoms with Crippen LogP contribution in [-0.4, -0.2) is 31.2 Å². The van der Waals surface area contributed by atoms with E-state index in [1.165, 1.54) is 14.0 Å².